The zero-order valence-electron chi connectivity index (χ0n) is 18.4. The van der Waals surface area contributed by atoms with Crippen LogP contribution in [0, 0.1) is 0 Å². The molecule has 0 heterocycles. The minimum absolute atomic E-state index is 0. The van der Waals surface area contributed by atoms with Gasteiger partial charge in [0, 0.05) is 5.41 Å². The van der Waals surface area contributed by atoms with E-state index in [0.29, 0.717) is 0 Å². The van der Waals surface area contributed by atoms with E-state index >= 15 is 0 Å². The van der Waals surface area contributed by atoms with Crippen LogP contribution in [-0.2, 0) is 11.8 Å². The second-order valence-corrected chi connectivity index (χ2v) is 8.21. The van der Waals surface area contributed by atoms with Gasteiger partial charge in [0.25, 0.3) is 0 Å². The predicted octanol–water partition coefficient (Wildman–Crippen LogP) is 8.91. The van der Waals surface area contributed by atoms with Crippen LogP contribution in [0.3, 0.4) is 0 Å². The topological polar surface area (TPSA) is 0 Å². The van der Waals surface area contributed by atoms with Gasteiger partial charge in [-0.25, -0.2) is 0 Å². The Labute approximate surface area is 188 Å². The summed E-state index contributed by atoms with van der Waals surface area (Å²) < 4.78 is 0. The molecule has 4 aromatic carbocycles. The molecule has 31 heavy (non-hydrogen) atoms. The average molecular weight is 407 g/mol. The quantitative estimate of drug-likeness (QED) is 0.241. The zero-order chi connectivity index (χ0) is 21.1. The van der Waals surface area contributed by atoms with Gasteiger partial charge >= 0.3 is 0 Å². The molecule has 0 N–H and O–H groups in total. The van der Waals surface area contributed by atoms with Crippen molar-refractivity contribution in [1.82, 2.24) is 0 Å². The molecule has 0 bridgehead atoms. The Hall–Kier alpha value is -3.12. The summed E-state index contributed by atoms with van der Waals surface area (Å²) in [7, 11) is 0. The van der Waals surface area contributed by atoms with E-state index < -0.39 is 0 Å². The maximum absolute atomic E-state index is 2.30. The molecule has 4 aromatic rings. The molecule has 0 saturated carbocycles. The van der Waals surface area contributed by atoms with Gasteiger partial charge in [-0.1, -0.05) is 132 Å². The van der Waals surface area contributed by atoms with E-state index in [-0.39, 0.29) is 12.8 Å². The molecule has 0 spiro atoms. The smallest absolute Gasteiger partial charge is 0.0158 e. The summed E-state index contributed by atoms with van der Waals surface area (Å²) in [5, 5.41) is 0. The minimum atomic E-state index is 0. The van der Waals surface area contributed by atoms with E-state index in [4.69, 9.17) is 0 Å². The van der Waals surface area contributed by atoms with Crippen molar-refractivity contribution in [2.45, 2.75) is 47.0 Å². The Bertz CT molecular complexity index is 1070. The summed E-state index contributed by atoms with van der Waals surface area (Å²) in [4.78, 5) is 0. The number of benzene rings is 4. The van der Waals surface area contributed by atoms with E-state index in [1.54, 1.807) is 0 Å². The summed E-state index contributed by atoms with van der Waals surface area (Å²) in [6.45, 7) is 8.61. The molecule has 2 aliphatic carbocycles. The molecule has 6 rings (SSSR count). The molecule has 0 fully saturated rings. The number of hydrogen-bond donors (Lipinski definition) is 0. The van der Waals surface area contributed by atoms with Gasteiger partial charge in [0.15, 0.2) is 0 Å². The Balaban J connectivity index is 0.000000159. The van der Waals surface area contributed by atoms with Crippen LogP contribution in [0.5, 0.6) is 0 Å². The Morgan fingerprint density at radius 2 is 0.806 bits per heavy atom. The second kappa shape index (κ2) is 9.35. The first-order valence-electron chi connectivity index (χ1n) is 11.0. The third-order valence-electron chi connectivity index (χ3n) is 6.20. The molecule has 0 radical (unpaired) electrons. The lowest BCUT2D eigenvalue weighted by atomic mass is 9.82. The highest BCUT2D eigenvalue weighted by molar-refractivity contribution is 5.80. The van der Waals surface area contributed by atoms with Crippen LogP contribution in [0.4, 0.5) is 0 Å². The van der Waals surface area contributed by atoms with Gasteiger partial charge in [0.1, 0.15) is 0 Å². The Morgan fingerprint density at radius 3 is 1.23 bits per heavy atom. The van der Waals surface area contributed by atoms with Crippen molar-refractivity contribution >= 4 is 0 Å². The largest absolute Gasteiger partial charge is 0.0776 e. The SMILES string of the molecule is C.CC.CC1(C)c2ccccc2-c2ccccc21.c1ccc2c(c1)Cc1ccccc1-2. The molecule has 2 aliphatic rings. The van der Waals surface area contributed by atoms with Crippen molar-refractivity contribution < 1.29 is 0 Å². The van der Waals surface area contributed by atoms with E-state index in [1.165, 1.54) is 44.5 Å². The fraction of sp³-hybridized carbons (Fsp3) is 0.226. The number of fused-ring (bicyclic) bond motifs is 6. The minimum Gasteiger partial charge on any atom is -0.0776 e. The Morgan fingerprint density at radius 1 is 0.484 bits per heavy atom. The molecule has 158 valence electrons. The van der Waals surface area contributed by atoms with Gasteiger partial charge in [0.05, 0.1) is 0 Å². The molecule has 0 nitrogen and oxygen atoms in total. The fourth-order valence-electron chi connectivity index (χ4n) is 4.75. The van der Waals surface area contributed by atoms with Gasteiger partial charge < -0.3 is 0 Å². The predicted molar refractivity (Wildman–Crippen MR) is 137 cm³/mol. The van der Waals surface area contributed by atoms with Crippen molar-refractivity contribution in [3.63, 3.8) is 0 Å². The normalized spacial score (nSPS) is 13.0. The molecular weight excluding hydrogens is 372 g/mol. The Kier molecular flexibility index (Phi) is 6.81. The van der Waals surface area contributed by atoms with E-state index in [9.17, 15) is 0 Å². The summed E-state index contributed by atoms with van der Waals surface area (Å²) in [5.41, 5.74) is 11.6. The molecule has 0 unspecified atom stereocenters. The number of rotatable bonds is 0. The fourth-order valence-corrected chi connectivity index (χ4v) is 4.75. The van der Waals surface area contributed by atoms with Gasteiger partial charge in [-0.15, -0.1) is 0 Å². The maximum atomic E-state index is 2.30. The monoisotopic (exact) mass is 406 g/mol. The van der Waals surface area contributed by atoms with E-state index in [2.05, 4.69) is 111 Å². The van der Waals surface area contributed by atoms with Crippen LogP contribution < -0.4 is 0 Å². The van der Waals surface area contributed by atoms with Gasteiger partial charge in [-0.05, 0) is 50.9 Å². The first kappa shape index (κ1) is 22.6. The standard InChI is InChI=1S/C15H14.C13H10.C2H6.CH4/c1-15(2)13-9-5-3-7-11(13)12-8-4-6-10-14(12)15;1-3-7-12-10(5-1)9-11-6-2-4-8-13(11)12;1-2;/h3-10H,1-2H3;1-8H,9H2;1-2H3;1H4. The summed E-state index contributed by atoms with van der Waals surface area (Å²) in [6.07, 6.45) is 1.10. The maximum Gasteiger partial charge on any atom is 0.0158 e. The summed E-state index contributed by atoms with van der Waals surface area (Å²) in [5.74, 6) is 0. The van der Waals surface area contributed by atoms with Gasteiger partial charge in [0.2, 0.25) is 0 Å². The van der Waals surface area contributed by atoms with Crippen LogP contribution in [0.2, 0.25) is 0 Å². The first-order valence-corrected chi connectivity index (χ1v) is 11.0. The number of hydrogen-bond acceptors (Lipinski definition) is 0. The van der Waals surface area contributed by atoms with Crippen molar-refractivity contribution in [1.29, 1.82) is 0 Å². The first-order chi connectivity index (χ1) is 14.7. The molecule has 0 aliphatic heterocycles. The van der Waals surface area contributed by atoms with Crippen molar-refractivity contribution in [2.24, 2.45) is 0 Å². The zero-order valence-corrected chi connectivity index (χ0v) is 18.4. The average Bonchev–Trinajstić information content (AvgIpc) is 3.30. The molecule has 0 saturated heterocycles. The molecule has 0 atom stereocenters. The summed E-state index contributed by atoms with van der Waals surface area (Å²) >= 11 is 0. The molecule has 0 aromatic heterocycles. The van der Waals surface area contributed by atoms with Gasteiger partial charge in [-0.3, -0.25) is 0 Å². The third kappa shape index (κ3) is 3.95. The van der Waals surface area contributed by atoms with E-state index in [1.807, 2.05) is 13.8 Å². The van der Waals surface area contributed by atoms with Crippen LogP contribution >= 0.6 is 0 Å². The van der Waals surface area contributed by atoms with Crippen LogP contribution in [0.25, 0.3) is 22.3 Å². The molecular formula is C31H34. The second-order valence-electron chi connectivity index (χ2n) is 8.21. The third-order valence-corrected chi connectivity index (χ3v) is 6.20. The highest BCUT2D eigenvalue weighted by Gasteiger charge is 2.34. The van der Waals surface area contributed by atoms with Crippen LogP contribution in [0.1, 0.15) is 57.4 Å². The van der Waals surface area contributed by atoms with Gasteiger partial charge in [-0.2, -0.15) is 0 Å². The van der Waals surface area contributed by atoms with Crippen molar-refractivity contribution in [3.05, 3.63) is 119 Å². The lowest BCUT2D eigenvalue weighted by Crippen LogP contribution is -2.14. The highest BCUT2D eigenvalue weighted by Crippen LogP contribution is 2.48. The molecule has 0 heteroatoms. The highest BCUT2D eigenvalue weighted by atomic mass is 14.4. The van der Waals surface area contributed by atoms with Crippen molar-refractivity contribution in [2.75, 3.05) is 0 Å². The van der Waals surface area contributed by atoms with Crippen LogP contribution in [-0.4, -0.2) is 0 Å². The lowest BCUT2D eigenvalue weighted by molar-refractivity contribution is 0.660. The lowest BCUT2D eigenvalue weighted by Gasteiger charge is -2.20. The van der Waals surface area contributed by atoms with Crippen molar-refractivity contribution in [3.8, 4) is 22.3 Å². The van der Waals surface area contributed by atoms with E-state index in [0.717, 1.165) is 6.42 Å². The summed E-state index contributed by atoms with van der Waals surface area (Å²) in [6, 6.07) is 34.8. The molecule has 0 amide bonds. The van der Waals surface area contributed by atoms with Crippen LogP contribution in [0.15, 0.2) is 97.1 Å².